The van der Waals surface area contributed by atoms with Crippen molar-refractivity contribution in [3.8, 4) is 5.75 Å². The minimum absolute atomic E-state index is 0.0587. The molecule has 2 unspecified atom stereocenters. The normalized spacial score (nSPS) is 12.2. The zero-order valence-electron chi connectivity index (χ0n) is 26.9. The van der Waals surface area contributed by atoms with E-state index in [9.17, 15) is 28.3 Å². The number of halogens is 2. The Bertz CT molecular complexity index is 1410. The maximum atomic E-state index is 14.0. The van der Waals surface area contributed by atoms with Crippen molar-refractivity contribution < 1.29 is 33.0 Å². The van der Waals surface area contributed by atoms with E-state index < -0.39 is 29.7 Å². The molecule has 0 fully saturated rings. The molecule has 0 heterocycles. The highest BCUT2D eigenvalue weighted by Crippen LogP contribution is 2.16. The molecule has 3 aromatic carbocycles. The summed E-state index contributed by atoms with van der Waals surface area (Å²) in [5, 5.41) is 16.7. The summed E-state index contributed by atoms with van der Waals surface area (Å²) in [4.78, 5) is 40.7. The van der Waals surface area contributed by atoms with E-state index in [-0.39, 0.29) is 42.3 Å². The molecule has 3 N–H and O–H groups in total. The van der Waals surface area contributed by atoms with Gasteiger partial charge >= 0.3 is 0 Å². The van der Waals surface area contributed by atoms with Crippen molar-refractivity contribution >= 4 is 17.7 Å². The number of hydrogen-bond donors (Lipinski definition) is 3. The van der Waals surface area contributed by atoms with Gasteiger partial charge in [0.2, 0.25) is 5.91 Å². The first-order valence-corrected chi connectivity index (χ1v) is 15.9. The van der Waals surface area contributed by atoms with Crippen LogP contribution in [-0.4, -0.2) is 66.6 Å². The van der Waals surface area contributed by atoms with Crippen LogP contribution in [0.5, 0.6) is 5.75 Å². The van der Waals surface area contributed by atoms with Crippen LogP contribution in [0, 0.1) is 11.6 Å². The predicted molar refractivity (Wildman–Crippen MR) is 174 cm³/mol. The van der Waals surface area contributed by atoms with E-state index in [1.807, 2.05) is 38.1 Å². The summed E-state index contributed by atoms with van der Waals surface area (Å²) in [5.74, 6) is -1.67. The number of aliphatic hydroxyl groups excluding tert-OH is 1. The Morgan fingerprint density at radius 3 is 2.17 bits per heavy atom. The molecule has 8 nitrogen and oxygen atoms in total. The summed E-state index contributed by atoms with van der Waals surface area (Å²) in [7, 11) is 1.60. The zero-order chi connectivity index (χ0) is 33.5. The van der Waals surface area contributed by atoms with Crippen LogP contribution < -0.4 is 15.4 Å². The minimum Gasteiger partial charge on any atom is -0.497 e. The smallest absolute Gasteiger partial charge is 0.253 e. The first kappa shape index (κ1) is 36.2. The van der Waals surface area contributed by atoms with E-state index in [1.54, 1.807) is 30.2 Å². The number of carbonyl (C=O) groups is 3. The number of hydrogen-bond acceptors (Lipinski definition) is 5. The first-order chi connectivity index (χ1) is 22.1. The molecule has 0 aromatic heterocycles. The van der Waals surface area contributed by atoms with Gasteiger partial charge < -0.3 is 25.4 Å². The number of nitrogens with one attached hydrogen (secondary N) is 2. The average Bonchev–Trinajstić information content (AvgIpc) is 3.04. The fourth-order valence-electron chi connectivity index (χ4n) is 5.24. The maximum absolute atomic E-state index is 14.0. The van der Waals surface area contributed by atoms with Crippen LogP contribution in [0.1, 0.15) is 77.8 Å². The lowest BCUT2D eigenvalue weighted by Gasteiger charge is -2.25. The third kappa shape index (κ3) is 11.6. The molecule has 3 rings (SSSR count). The van der Waals surface area contributed by atoms with E-state index in [1.165, 1.54) is 6.07 Å². The Labute approximate surface area is 270 Å². The summed E-state index contributed by atoms with van der Waals surface area (Å²) in [6, 6.07) is 16.1. The number of nitrogens with zero attached hydrogens (tertiary/aromatic N) is 1. The number of aliphatic hydroxyl groups is 1. The third-order valence-electron chi connectivity index (χ3n) is 7.60. The largest absolute Gasteiger partial charge is 0.497 e. The fourth-order valence-corrected chi connectivity index (χ4v) is 5.24. The van der Waals surface area contributed by atoms with Crippen molar-refractivity contribution in [3.63, 3.8) is 0 Å². The molecule has 248 valence electrons. The van der Waals surface area contributed by atoms with Gasteiger partial charge in [-0.25, -0.2) is 8.78 Å². The van der Waals surface area contributed by atoms with Gasteiger partial charge in [-0.05, 0) is 92.1 Å². The number of carbonyl (C=O) groups excluding carboxylic acids is 3. The molecule has 46 heavy (non-hydrogen) atoms. The fraction of sp³-hybridized carbons (Fsp3) is 0.417. The number of rotatable bonds is 18. The molecular formula is C36H45F2N3O5. The topological polar surface area (TPSA) is 108 Å². The molecule has 0 radical (unpaired) electrons. The summed E-state index contributed by atoms with van der Waals surface area (Å²) in [5.41, 5.74) is 1.92. The summed E-state index contributed by atoms with van der Waals surface area (Å²) < 4.78 is 33.1. The predicted octanol–water partition coefficient (Wildman–Crippen LogP) is 5.47. The van der Waals surface area contributed by atoms with Crippen LogP contribution in [0.4, 0.5) is 8.78 Å². The van der Waals surface area contributed by atoms with Crippen LogP contribution in [0.3, 0.4) is 0 Å². The molecule has 0 saturated heterocycles. The van der Waals surface area contributed by atoms with Gasteiger partial charge in [0.15, 0.2) is 0 Å². The molecule has 0 aliphatic rings. The summed E-state index contributed by atoms with van der Waals surface area (Å²) >= 11 is 0. The van der Waals surface area contributed by atoms with E-state index in [4.69, 9.17) is 4.74 Å². The van der Waals surface area contributed by atoms with Gasteiger partial charge in [-0.3, -0.25) is 14.4 Å². The molecule has 0 spiro atoms. The van der Waals surface area contributed by atoms with Gasteiger partial charge in [0.1, 0.15) is 17.4 Å². The monoisotopic (exact) mass is 637 g/mol. The highest BCUT2D eigenvalue weighted by atomic mass is 19.1. The minimum atomic E-state index is -1.15. The van der Waals surface area contributed by atoms with Crippen molar-refractivity contribution in [2.75, 3.05) is 26.7 Å². The van der Waals surface area contributed by atoms with Crippen molar-refractivity contribution in [3.05, 3.63) is 101 Å². The van der Waals surface area contributed by atoms with Gasteiger partial charge in [0.05, 0.1) is 19.3 Å². The lowest BCUT2D eigenvalue weighted by atomic mass is 9.98. The van der Waals surface area contributed by atoms with Crippen LogP contribution >= 0.6 is 0 Å². The lowest BCUT2D eigenvalue weighted by Crippen LogP contribution is -2.46. The van der Waals surface area contributed by atoms with Crippen LogP contribution in [0.2, 0.25) is 0 Å². The number of amides is 3. The Hall–Kier alpha value is -4.31. The molecule has 10 heteroatoms. The van der Waals surface area contributed by atoms with Crippen molar-refractivity contribution in [2.45, 2.75) is 70.9 Å². The summed E-state index contributed by atoms with van der Waals surface area (Å²) in [6.07, 6.45) is 2.15. The first-order valence-electron chi connectivity index (χ1n) is 15.9. The number of benzene rings is 3. The van der Waals surface area contributed by atoms with Crippen molar-refractivity contribution in [1.29, 1.82) is 0 Å². The van der Waals surface area contributed by atoms with Crippen molar-refractivity contribution in [2.24, 2.45) is 0 Å². The van der Waals surface area contributed by atoms with Crippen molar-refractivity contribution in [1.82, 2.24) is 15.5 Å². The quantitative estimate of drug-likeness (QED) is 0.172. The van der Waals surface area contributed by atoms with E-state index in [0.717, 1.165) is 48.8 Å². The SMILES string of the molecule is CCCN(CCC)C(=O)c1cccc(C(=O)NC(Cc2cc(F)cc(F)c2)C(O)CCNC(=O)CCCc2ccc(OC)cc2)c1. The second-order valence-electron chi connectivity index (χ2n) is 11.3. The van der Waals surface area contributed by atoms with Gasteiger partial charge in [0.25, 0.3) is 11.8 Å². The number of ether oxygens (including phenoxy) is 1. The number of methoxy groups -OCH3 is 1. The Kier molecular flexibility index (Phi) is 14.6. The standard InChI is InChI=1S/C36H45F2N3O5/c1-4-18-41(19-5-2)36(45)28-10-7-9-27(23-28)35(44)40-32(22-26-20-29(37)24-30(38)21-26)33(42)16-17-39-34(43)11-6-8-25-12-14-31(46-3)15-13-25/h7,9-10,12-15,20-21,23-24,32-33,42H,4-6,8,11,16-19,22H2,1-3H3,(H,39,43)(H,40,44). The molecule has 0 aliphatic carbocycles. The Morgan fingerprint density at radius 2 is 1.54 bits per heavy atom. The molecular weight excluding hydrogens is 592 g/mol. The highest BCUT2D eigenvalue weighted by Gasteiger charge is 2.24. The number of aryl methyl sites for hydroxylation is 1. The second-order valence-corrected chi connectivity index (χ2v) is 11.3. The highest BCUT2D eigenvalue weighted by molar-refractivity contribution is 5.99. The molecule has 0 saturated carbocycles. The third-order valence-corrected chi connectivity index (χ3v) is 7.60. The molecule has 0 bridgehead atoms. The van der Waals surface area contributed by atoms with Crippen LogP contribution in [0.15, 0.2) is 66.7 Å². The zero-order valence-corrected chi connectivity index (χ0v) is 26.9. The summed E-state index contributed by atoms with van der Waals surface area (Å²) in [6.45, 7) is 5.32. The molecule has 0 aliphatic heterocycles. The van der Waals surface area contributed by atoms with E-state index in [0.29, 0.717) is 31.5 Å². The van der Waals surface area contributed by atoms with Gasteiger partial charge in [-0.1, -0.05) is 32.0 Å². The van der Waals surface area contributed by atoms with Gasteiger partial charge in [0, 0.05) is 43.2 Å². The lowest BCUT2D eigenvalue weighted by molar-refractivity contribution is -0.121. The van der Waals surface area contributed by atoms with Gasteiger partial charge in [-0.15, -0.1) is 0 Å². The van der Waals surface area contributed by atoms with E-state index >= 15 is 0 Å². The van der Waals surface area contributed by atoms with Crippen LogP contribution in [-0.2, 0) is 17.6 Å². The average molecular weight is 638 g/mol. The molecule has 3 amide bonds. The molecule has 2 atom stereocenters. The van der Waals surface area contributed by atoms with Crippen LogP contribution in [0.25, 0.3) is 0 Å². The Balaban J connectivity index is 1.63. The molecule has 3 aromatic rings. The Morgan fingerprint density at radius 1 is 0.891 bits per heavy atom. The second kappa shape index (κ2) is 18.6. The maximum Gasteiger partial charge on any atom is 0.253 e. The van der Waals surface area contributed by atoms with Gasteiger partial charge in [-0.2, -0.15) is 0 Å². The van der Waals surface area contributed by atoms with E-state index in [2.05, 4.69) is 10.6 Å².